The average Bonchev–Trinajstić information content (AvgIpc) is 2.14. The monoisotopic (exact) mass is 218 g/mol. The van der Waals surface area contributed by atoms with E-state index in [2.05, 4.69) is 9.47 Å². The number of carbonyl (C=O) groups is 1. The summed E-state index contributed by atoms with van der Waals surface area (Å²) in [6, 6.07) is 0. The zero-order valence-electron chi connectivity index (χ0n) is 7.44. The first-order valence-electron chi connectivity index (χ1n) is 3.80. The van der Waals surface area contributed by atoms with Crippen molar-refractivity contribution < 1.29 is 31.8 Å². The molecule has 3 nitrogen and oxygen atoms in total. The molecule has 14 heavy (non-hydrogen) atoms. The third-order valence-electron chi connectivity index (χ3n) is 1.16. The van der Waals surface area contributed by atoms with Gasteiger partial charge >= 0.3 is 11.9 Å². The Morgan fingerprint density at radius 2 is 2.07 bits per heavy atom. The Balaban J connectivity index is 3.85. The normalized spacial score (nSPS) is 13.8. The van der Waals surface area contributed by atoms with Gasteiger partial charge in [-0.1, -0.05) is 0 Å². The van der Waals surface area contributed by atoms with Crippen LogP contribution in [0.25, 0.3) is 0 Å². The van der Waals surface area contributed by atoms with Crippen molar-refractivity contribution in [3.63, 3.8) is 0 Å². The van der Waals surface area contributed by atoms with E-state index in [1.54, 1.807) is 0 Å². The summed E-state index contributed by atoms with van der Waals surface area (Å²) in [6.45, 7) is -1.65. The molecule has 0 N–H and O–H groups in total. The molecule has 0 spiro atoms. The molecule has 1 atom stereocenters. The van der Waals surface area contributed by atoms with Gasteiger partial charge in [-0.25, -0.2) is 13.6 Å². The van der Waals surface area contributed by atoms with Crippen molar-refractivity contribution in [2.75, 3.05) is 19.9 Å². The van der Waals surface area contributed by atoms with E-state index in [4.69, 9.17) is 0 Å². The first-order valence-corrected chi connectivity index (χ1v) is 3.80. The first kappa shape index (κ1) is 13.2. The second-order valence-electron chi connectivity index (χ2n) is 2.30. The Labute approximate surface area is 78.0 Å². The lowest BCUT2D eigenvalue weighted by Crippen LogP contribution is -2.34. The Morgan fingerprint density at radius 1 is 1.50 bits per heavy atom. The van der Waals surface area contributed by atoms with Gasteiger partial charge in [0.25, 0.3) is 0 Å². The fourth-order valence-electron chi connectivity index (χ4n) is 0.530. The summed E-state index contributed by atoms with van der Waals surface area (Å²) in [5.74, 6) is -6.31. The third-order valence-corrected chi connectivity index (χ3v) is 1.16. The van der Waals surface area contributed by atoms with Crippen LogP contribution >= 0.6 is 0 Å². The number of hydrogen-bond donors (Lipinski definition) is 0. The molecule has 0 amide bonds. The maximum Gasteiger partial charge on any atom is 0.380 e. The fraction of sp³-hybridized carbons (Fsp3) is 0.857. The predicted octanol–water partition coefficient (Wildman–Crippen LogP) is 1.47. The van der Waals surface area contributed by atoms with Crippen molar-refractivity contribution in [3.8, 4) is 0 Å². The van der Waals surface area contributed by atoms with Crippen LogP contribution in [0.4, 0.5) is 17.6 Å². The number of halogens is 4. The number of ether oxygens (including phenoxy) is 2. The summed E-state index contributed by atoms with van der Waals surface area (Å²) in [7, 11) is 0. The Bertz CT molecular complexity index is 186. The van der Waals surface area contributed by atoms with E-state index in [1.807, 2.05) is 0 Å². The summed E-state index contributed by atoms with van der Waals surface area (Å²) >= 11 is 0. The highest BCUT2D eigenvalue weighted by atomic mass is 19.3. The molecule has 84 valence electrons. The van der Waals surface area contributed by atoms with Crippen molar-refractivity contribution in [1.82, 2.24) is 0 Å². The molecular formula is C7H10F4O3. The first-order chi connectivity index (χ1) is 6.44. The molecule has 0 heterocycles. The van der Waals surface area contributed by atoms with Gasteiger partial charge in [-0.15, -0.1) is 0 Å². The summed E-state index contributed by atoms with van der Waals surface area (Å²) < 4.78 is 56.3. The van der Waals surface area contributed by atoms with Crippen molar-refractivity contribution in [1.29, 1.82) is 0 Å². The molecule has 0 aromatic heterocycles. The van der Waals surface area contributed by atoms with Crippen molar-refractivity contribution in [3.05, 3.63) is 0 Å². The number of carbonyl (C=O) groups excluding carboxylic acids is 1. The minimum Gasteiger partial charge on any atom is -0.455 e. The molecule has 0 aromatic rings. The molecular weight excluding hydrogens is 208 g/mol. The van der Waals surface area contributed by atoms with E-state index < -0.39 is 31.5 Å². The van der Waals surface area contributed by atoms with Crippen LogP contribution in [0.1, 0.15) is 6.92 Å². The quantitative estimate of drug-likeness (QED) is 0.500. The van der Waals surface area contributed by atoms with E-state index in [0.717, 1.165) is 0 Å². The molecule has 1 unspecified atom stereocenters. The Morgan fingerprint density at radius 3 is 2.50 bits per heavy atom. The van der Waals surface area contributed by atoms with E-state index in [0.29, 0.717) is 0 Å². The molecule has 0 bridgehead atoms. The zero-order chi connectivity index (χ0) is 11.2. The maximum atomic E-state index is 12.4. The predicted molar refractivity (Wildman–Crippen MR) is 38.4 cm³/mol. The van der Waals surface area contributed by atoms with Gasteiger partial charge < -0.3 is 9.47 Å². The van der Waals surface area contributed by atoms with E-state index >= 15 is 0 Å². The van der Waals surface area contributed by atoms with Gasteiger partial charge in [0.05, 0.1) is 0 Å². The minimum atomic E-state index is -4.22. The van der Waals surface area contributed by atoms with Gasteiger partial charge in [0.15, 0.2) is 6.67 Å². The van der Waals surface area contributed by atoms with Crippen molar-refractivity contribution >= 4 is 5.97 Å². The average molecular weight is 218 g/mol. The maximum absolute atomic E-state index is 12.4. The largest absolute Gasteiger partial charge is 0.455 e. The molecule has 0 aliphatic heterocycles. The topological polar surface area (TPSA) is 35.5 Å². The lowest BCUT2D eigenvalue weighted by molar-refractivity contribution is -0.182. The Hall–Kier alpha value is -0.850. The van der Waals surface area contributed by atoms with E-state index in [1.165, 1.54) is 6.92 Å². The van der Waals surface area contributed by atoms with Gasteiger partial charge in [-0.3, -0.25) is 0 Å². The molecule has 0 aliphatic carbocycles. The summed E-state index contributed by atoms with van der Waals surface area (Å²) in [5.41, 5.74) is 0. The summed E-state index contributed by atoms with van der Waals surface area (Å²) in [5, 5.41) is 0. The van der Waals surface area contributed by atoms with Crippen LogP contribution in [0, 0.1) is 0 Å². The minimum absolute atomic E-state index is 0.0121. The lowest BCUT2D eigenvalue weighted by Gasteiger charge is -2.13. The highest BCUT2D eigenvalue weighted by Gasteiger charge is 2.41. The van der Waals surface area contributed by atoms with Crippen LogP contribution in [0.15, 0.2) is 0 Å². The van der Waals surface area contributed by atoms with Crippen LogP contribution in [0.2, 0.25) is 0 Å². The number of alkyl halides is 4. The molecule has 0 radical (unpaired) electrons. The smallest absolute Gasteiger partial charge is 0.380 e. The van der Waals surface area contributed by atoms with Gasteiger partial charge in [-0.2, -0.15) is 8.78 Å². The van der Waals surface area contributed by atoms with Crippen molar-refractivity contribution in [2.24, 2.45) is 0 Å². The molecule has 0 rings (SSSR count). The molecule has 0 fully saturated rings. The fourth-order valence-corrected chi connectivity index (χ4v) is 0.530. The second-order valence-corrected chi connectivity index (χ2v) is 2.30. The van der Waals surface area contributed by atoms with Crippen LogP contribution in [-0.2, 0) is 14.3 Å². The number of esters is 1. The summed E-state index contributed by atoms with van der Waals surface area (Å²) in [6.07, 6.45) is -1.97. The third kappa shape index (κ3) is 4.40. The van der Waals surface area contributed by atoms with Gasteiger partial charge in [0.2, 0.25) is 6.36 Å². The molecule has 0 saturated heterocycles. The lowest BCUT2D eigenvalue weighted by atomic mass is 10.4. The zero-order valence-corrected chi connectivity index (χ0v) is 7.44. The van der Waals surface area contributed by atoms with Crippen molar-refractivity contribution in [2.45, 2.75) is 19.2 Å². The van der Waals surface area contributed by atoms with Gasteiger partial charge in [-0.05, 0) is 6.92 Å². The summed E-state index contributed by atoms with van der Waals surface area (Å²) in [4.78, 5) is 10.4. The van der Waals surface area contributed by atoms with Gasteiger partial charge in [0.1, 0.15) is 6.61 Å². The van der Waals surface area contributed by atoms with Crippen LogP contribution in [0.5, 0.6) is 0 Å². The number of hydrogen-bond acceptors (Lipinski definition) is 3. The molecule has 0 saturated carbocycles. The van der Waals surface area contributed by atoms with Crippen LogP contribution in [0.3, 0.4) is 0 Å². The standard InChI is InChI=1S/C7H10F4O3/c1-2-13-5(9)3-14-6(12)7(10,11)4-8/h5H,2-4H2,1H3. The Kier molecular flexibility index (Phi) is 5.44. The molecule has 7 heteroatoms. The SMILES string of the molecule is CCOC(F)COC(=O)C(F)(F)CF. The van der Waals surface area contributed by atoms with Crippen LogP contribution < -0.4 is 0 Å². The molecule has 0 aliphatic rings. The van der Waals surface area contributed by atoms with E-state index in [9.17, 15) is 22.4 Å². The van der Waals surface area contributed by atoms with Crippen LogP contribution in [-0.4, -0.2) is 38.1 Å². The highest BCUT2D eigenvalue weighted by molar-refractivity contribution is 5.77. The number of rotatable bonds is 6. The molecule has 0 aromatic carbocycles. The van der Waals surface area contributed by atoms with Gasteiger partial charge in [0, 0.05) is 6.61 Å². The second kappa shape index (κ2) is 5.79. The van der Waals surface area contributed by atoms with E-state index in [-0.39, 0.29) is 6.61 Å². The highest BCUT2D eigenvalue weighted by Crippen LogP contribution is 2.16.